The van der Waals surface area contributed by atoms with Crippen molar-refractivity contribution in [2.45, 2.75) is 4.90 Å². The molecule has 0 atom stereocenters. The van der Waals surface area contributed by atoms with Gasteiger partial charge in [-0.15, -0.1) is 11.8 Å². The molecule has 2 N–H and O–H groups in total. The fourth-order valence-electron chi connectivity index (χ4n) is 2.24. The summed E-state index contributed by atoms with van der Waals surface area (Å²) in [5.74, 6) is 0.492. The lowest BCUT2D eigenvalue weighted by molar-refractivity contribution is 0.435. The summed E-state index contributed by atoms with van der Waals surface area (Å²) in [5.41, 5.74) is 8.09. The summed E-state index contributed by atoms with van der Waals surface area (Å²) in [6, 6.07) is 14.1. The van der Waals surface area contributed by atoms with Gasteiger partial charge in [0.15, 0.2) is 11.6 Å². The Morgan fingerprint density at radius 2 is 1.95 bits per heavy atom. The molecule has 0 saturated heterocycles. The highest BCUT2D eigenvalue weighted by Crippen LogP contribution is 2.40. The number of aromatic nitrogens is 1. The molecule has 0 radical (unpaired) electrons. The summed E-state index contributed by atoms with van der Waals surface area (Å²) in [6.45, 7) is 0. The first kappa shape index (κ1) is 13.7. The summed E-state index contributed by atoms with van der Waals surface area (Å²) >= 11 is 1.60. The zero-order valence-corrected chi connectivity index (χ0v) is 12.2. The van der Waals surface area contributed by atoms with Gasteiger partial charge in [-0.1, -0.05) is 29.4 Å². The molecule has 0 saturated carbocycles. The maximum atomic E-state index is 13.5. The predicted molar refractivity (Wildman–Crippen MR) is 83.5 cm³/mol. The maximum Gasteiger partial charge on any atom is 0.178 e. The van der Waals surface area contributed by atoms with Crippen LogP contribution in [0.3, 0.4) is 0 Å². The lowest BCUT2D eigenvalue weighted by Crippen LogP contribution is -1.90. The van der Waals surface area contributed by atoms with Crippen LogP contribution in [0.1, 0.15) is 0 Å². The van der Waals surface area contributed by atoms with E-state index in [9.17, 15) is 4.39 Å². The van der Waals surface area contributed by atoms with Gasteiger partial charge in [-0.3, -0.25) is 0 Å². The van der Waals surface area contributed by atoms with Gasteiger partial charge in [-0.05, 0) is 36.1 Å². The molecule has 0 fully saturated rings. The fraction of sp³-hybridized carbons (Fsp3) is 0.0625. The van der Waals surface area contributed by atoms with Gasteiger partial charge in [-0.25, -0.2) is 4.39 Å². The normalized spacial score (nSPS) is 10.8. The molecule has 0 aliphatic carbocycles. The monoisotopic (exact) mass is 300 g/mol. The average Bonchev–Trinajstić information content (AvgIpc) is 2.88. The first-order valence-corrected chi connectivity index (χ1v) is 7.57. The summed E-state index contributed by atoms with van der Waals surface area (Å²) in [6.07, 6.45) is 1.99. The van der Waals surface area contributed by atoms with Crippen molar-refractivity contribution in [1.82, 2.24) is 5.16 Å². The quantitative estimate of drug-likeness (QED) is 0.726. The minimum Gasteiger partial charge on any atom is -0.380 e. The molecule has 5 heteroatoms. The molecular formula is C16H13FN2OS. The molecule has 0 bridgehead atoms. The average molecular weight is 300 g/mol. The van der Waals surface area contributed by atoms with Crippen LogP contribution in [0, 0.1) is 5.82 Å². The van der Waals surface area contributed by atoms with Gasteiger partial charge in [0.1, 0.15) is 5.82 Å². The molecule has 3 nitrogen and oxygen atoms in total. The number of benzene rings is 2. The molecule has 0 aliphatic heterocycles. The largest absolute Gasteiger partial charge is 0.380 e. The van der Waals surface area contributed by atoms with E-state index in [4.69, 9.17) is 10.3 Å². The van der Waals surface area contributed by atoms with Crippen LogP contribution in [0.2, 0.25) is 0 Å². The number of nitrogen functional groups attached to an aromatic ring is 1. The van der Waals surface area contributed by atoms with Crippen molar-refractivity contribution in [2.75, 3.05) is 12.0 Å². The molecule has 3 aromatic rings. The van der Waals surface area contributed by atoms with Crippen molar-refractivity contribution >= 4 is 17.6 Å². The van der Waals surface area contributed by atoms with Gasteiger partial charge >= 0.3 is 0 Å². The number of hydrogen-bond donors (Lipinski definition) is 1. The third kappa shape index (κ3) is 2.52. The van der Waals surface area contributed by atoms with Crippen LogP contribution >= 0.6 is 11.8 Å². The number of halogens is 1. The highest BCUT2D eigenvalue weighted by Gasteiger charge is 2.19. The first-order chi connectivity index (χ1) is 10.2. The van der Waals surface area contributed by atoms with Crippen LogP contribution in [0.15, 0.2) is 57.9 Å². The van der Waals surface area contributed by atoms with Crippen molar-refractivity contribution < 1.29 is 8.91 Å². The Hall–Kier alpha value is -2.27. The smallest absolute Gasteiger partial charge is 0.178 e. The molecule has 106 valence electrons. The van der Waals surface area contributed by atoms with Crippen molar-refractivity contribution in [3.63, 3.8) is 0 Å². The number of rotatable bonds is 3. The zero-order valence-electron chi connectivity index (χ0n) is 11.3. The zero-order chi connectivity index (χ0) is 14.8. The number of anilines is 1. The third-order valence-corrected chi connectivity index (χ3v) is 3.98. The number of hydrogen-bond acceptors (Lipinski definition) is 4. The second kappa shape index (κ2) is 5.61. The Kier molecular flexibility index (Phi) is 3.66. The van der Waals surface area contributed by atoms with Crippen molar-refractivity contribution in [3.05, 3.63) is 54.3 Å². The Balaban J connectivity index is 2.22. The van der Waals surface area contributed by atoms with Gasteiger partial charge in [-0.2, -0.15) is 0 Å². The van der Waals surface area contributed by atoms with E-state index in [0.717, 1.165) is 10.5 Å². The summed E-state index contributed by atoms with van der Waals surface area (Å²) in [7, 11) is 0. The van der Waals surface area contributed by atoms with Gasteiger partial charge in [0.25, 0.3) is 0 Å². The fourth-order valence-corrected chi connectivity index (χ4v) is 2.84. The van der Waals surface area contributed by atoms with E-state index in [1.54, 1.807) is 23.9 Å². The highest BCUT2D eigenvalue weighted by molar-refractivity contribution is 7.98. The summed E-state index contributed by atoms with van der Waals surface area (Å²) in [5, 5.41) is 3.85. The Labute approximate surface area is 126 Å². The molecule has 1 heterocycles. The SMILES string of the molecule is CSc1ccccc1-c1onc(N)c1-c1cccc(F)c1. The van der Waals surface area contributed by atoms with E-state index in [1.807, 2.05) is 30.5 Å². The molecule has 1 aromatic heterocycles. The summed E-state index contributed by atoms with van der Waals surface area (Å²) in [4.78, 5) is 1.05. The Morgan fingerprint density at radius 3 is 2.71 bits per heavy atom. The van der Waals surface area contributed by atoms with E-state index in [0.29, 0.717) is 16.9 Å². The molecule has 2 aromatic carbocycles. The molecule has 0 amide bonds. The number of nitrogens with zero attached hydrogens (tertiary/aromatic N) is 1. The first-order valence-electron chi connectivity index (χ1n) is 6.35. The van der Waals surface area contributed by atoms with Crippen LogP contribution in [0.25, 0.3) is 22.5 Å². The van der Waals surface area contributed by atoms with Gasteiger partial charge in [0.05, 0.1) is 5.56 Å². The number of nitrogens with two attached hydrogens (primary N) is 1. The molecule has 21 heavy (non-hydrogen) atoms. The molecule has 0 aliphatic rings. The van der Waals surface area contributed by atoms with Crippen LogP contribution in [0.5, 0.6) is 0 Å². The molecule has 0 spiro atoms. The topological polar surface area (TPSA) is 52.0 Å². The number of thioether (sulfide) groups is 1. The van der Waals surface area contributed by atoms with Crippen molar-refractivity contribution in [1.29, 1.82) is 0 Å². The predicted octanol–water partition coefficient (Wildman–Crippen LogP) is 4.45. The maximum absolute atomic E-state index is 13.5. The second-order valence-electron chi connectivity index (χ2n) is 4.48. The minimum absolute atomic E-state index is 0.256. The van der Waals surface area contributed by atoms with E-state index in [2.05, 4.69) is 5.16 Å². The van der Waals surface area contributed by atoms with Crippen LogP contribution < -0.4 is 5.73 Å². The lowest BCUT2D eigenvalue weighted by Gasteiger charge is -2.06. The van der Waals surface area contributed by atoms with Crippen molar-refractivity contribution in [3.8, 4) is 22.5 Å². The van der Waals surface area contributed by atoms with Gasteiger partial charge in [0, 0.05) is 10.5 Å². The molecule has 0 unspecified atom stereocenters. The third-order valence-electron chi connectivity index (χ3n) is 3.18. The molecule has 3 rings (SSSR count). The minimum atomic E-state index is -0.322. The van der Waals surface area contributed by atoms with E-state index in [1.165, 1.54) is 12.1 Å². The standard InChI is InChI=1S/C16H13FN2OS/c1-21-13-8-3-2-7-12(13)15-14(16(18)19-20-15)10-5-4-6-11(17)9-10/h2-9H,1H3,(H2,18,19). The highest BCUT2D eigenvalue weighted by atomic mass is 32.2. The lowest BCUT2D eigenvalue weighted by atomic mass is 10.0. The second-order valence-corrected chi connectivity index (χ2v) is 5.33. The van der Waals surface area contributed by atoms with Crippen LogP contribution in [0.4, 0.5) is 10.2 Å². The van der Waals surface area contributed by atoms with Gasteiger partial charge in [0.2, 0.25) is 0 Å². The van der Waals surface area contributed by atoms with Crippen LogP contribution in [-0.2, 0) is 0 Å². The van der Waals surface area contributed by atoms with E-state index < -0.39 is 0 Å². The van der Waals surface area contributed by atoms with Crippen LogP contribution in [-0.4, -0.2) is 11.4 Å². The van der Waals surface area contributed by atoms with Gasteiger partial charge < -0.3 is 10.3 Å². The van der Waals surface area contributed by atoms with E-state index >= 15 is 0 Å². The Morgan fingerprint density at radius 1 is 1.14 bits per heavy atom. The summed E-state index contributed by atoms with van der Waals surface area (Å²) < 4.78 is 18.9. The van der Waals surface area contributed by atoms with Crippen molar-refractivity contribution in [2.24, 2.45) is 0 Å². The van der Waals surface area contributed by atoms with E-state index in [-0.39, 0.29) is 11.6 Å². The molecular weight excluding hydrogens is 287 g/mol. The Bertz CT molecular complexity index is 785.